The fourth-order valence-electron chi connectivity index (χ4n) is 5.26. The van der Waals surface area contributed by atoms with Gasteiger partial charge >= 0.3 is 0 Å². The number of H-pyrrole nitrogens is 1. The van der Waals surface area contributed by atoms with E-state index in [0.29, 0.717) is 50.0 Å². The number of aromatic amines is 1. The molecule has 1 aromatic carbocycles. The van der Waals surface area contributed by atoms with E-state index in [1.165, 1.54) is 10.6 Å². The van der Waals surface area contributed by atoms with Crippen LogP contribution in [-0.4, -0.2) is 83.7 Å². The van der Waals surface area contributed by atoms with Crippen molar-refractivity contribution in [2.45, 2.75) is 18.9 Å². The van der Waals surface area contributed by atoms with E-state index < -0.39 is 10.0 Å². The molecule has 0 saturated carbocycles. The molecule has 12 nitrogen and oxygen atoms in total. The van der Waals surface area contributed by atoms with Crippen molar-refractivity contribution in [3.05, 3.63) is 70.4 Å². The van der Waals surface area contributed by atoms with Crippen LogP contribution in [0.3, 0.4) is 0 Å². The van der Waals surface area contributed by atoms with Gasteiger partial charge in [0.05, 0.1) is 42.8 Å². The molecule has 1 aliphatic heterocycles. The zero-order valence-corrected chi connectivity index (χ0v) is 22.4. The van der Waals surface area contributed by atoms with Gasteiger partial charge in [0.15, 0.2) is 11.1 Å². The van der Waals surface area contributed by atoms with Crippen molar-refractivity contribution in [2.75, 3.05) is 55.3 Å². The summed E-state index contributed by atoms with van der Waals surface area (Å²) in [5.41, 5.74) is 3.70. The Morgan fingerprint density at radius 2 is 1.95 bits per heavy atom. The van der Waals surface area contributed by atoms with Crippen LogP contribution in [0.2, 0.25) is 0 Å². The standard InChI is InChI=1S/C26H30N8O4S/c1-39(36,37)33(11-10-32-12-14-38-15-13-32)20-4-2-19(3-5-20)30-26-28-16-18-17-29-34(25(18)31-26)22-7-6-21-23(35)8-9-27-24(21)22/h2-5,8-9,16-17,22H,6-7,10-15H2,1H3,(H,27,35)(H,28,30,31). The van der Waals surface area contributed by atoms with Crippen LogP contribution in [0.5, 0.6) is 0 Å². The Labute approximate surface area is 225 Å². The van der Waals surface area contributed by atoms with E-state index in [1.54, 1.807) is 36.8 Å². The number of anilines is 3. The molecule has 204 valence electrons. The maximum absolute atomic E-state index is 12.5. The van der Waals surface area contributed by atoms with Crippen molar-refractivity contribution in [1.82, 2.24) is 29.6 Å². The predicted molar refractivity (Wildman–Crippen MR) is 148 cm³/mol. The fourth-order valence-corrected chi connectivity index (χ4v) is 6.18. The van der Waals surface area contributed by atoms with Gasteiger partial charge in [0.1, 0.15) is 0 Å². The SMILES string of the molecule is CS(=O)(=O)N(CCN1CCOCC1)c1ccc(Nc2ncc3cnn(C4CCc5c4[nH]ccc5=O)c3n2)cc1. The topological polar surface area (TPSA) is 138 Å². The van der Waals surface area contributed by atoms with E-state index in [4.69, 9.17) is 9.72 Å². The first kappa shape index (κ1) is 25.5. The summed E-state index contributed by atoms with van der Waals surface area (Å²) in [5, 5.41) is 8.56. The smallest absolute Gasteiger partial charge is 0.232 e. The quantitative estimate of drug-likeness (QED) is 0.337. The molecule has 6 rings (SSSR count). The second kappa shape index (κ2) is 10.4. The van der Waals surface area contributed by atoms with Crippen LogP contribution in [0.1, 0.15) is 23.7 Å². The summed E-state index contributed by atoms with van der Waals surface area (Å²) in [4.78, 5) is 26.8. The number of morpholine rings is 1. The average Bonchev–Trinajstić information content (AvgIpc) is 3.54. The minimum Gasteiger partial charge on any atom is -0.379 e. The molecule has 2 aliphatic rings. The number of hydrogen-bond donors (Lipinski definition) is 2. The Morgan fingerprint density at radius 3 is 2.72 bits per heavy atom. The highest BCUT2D eigenvalue weighted by molar-refractivity contribution is 7.92. The second-order valence-corrected chi connectivity index (χ2v) is 11.7. The number of benzene rings is 1. The van der Waals surface area contributed by atoms with Crippen LogP contribution in [0.4, 0.5) is 17.3 Å². The summed E-state index contributed by atoms with van der Waals surface area (Å²) in [6.45, 7) is 3.94. The van der Waals surface area contributed by atoms with Gasteiger partial charge in [-0.15, -0.1) is 0 Å². The van der Waals surface area contributed by atoms with E-state index >= 15 is 0 Å². The second-order valence-electron chi connectivity index (χ2n) is 9.81. The van der Waals surface area contributed by atoms with Crippen molar-refractivity contribution >= 4 is 38.4 Å². The molecular weight excluding hydrogens is 520 g/mol. The number of fused-ring (bicyclic) bond motifs is 2. The fraction of sp³-hybridized carbons (Fsp3) is 0.385. The van der Waals surface area contributed by atoms with Crippen LogP contribution in [0.25, 0.3) is 11.0 Å². The van der Waals surface area contributed by atoms with Crippen LogP contribution in [0, 0.1) is 0 Å². The highest BCUT2D eigenvalue weighted by Gasteiger charge is 2.28. The molecule has 1 fully saturated rings. The zero-order valence-electron chi connectivity index (χ0n) is 21.6. The Morgan fingerprint density at radius 1 is 1.15 bits per heavy atom. The number of pyridine rings is 1. The van der Waals surface area contributed by atoms with Crippen molar-refractivity contribution in [2.24, 2.45) is 0 Å². The van der Waals surface area contributed by atoms with Gasteiger partial charge in [0, 0.05) is 61.6 Å². The summed E-state index contributed by atoms with van der Waals surface area (Å²) >= 11 is 0. The molecule has 3 aromatic heterocycles. The third-order valence-corrected chi connectivity index (χ3v) is 8.46. The molecule has 4 aromatic rings. The Hall–Kier alpha value is -3.81. The average molecular weight is 551 g/mol. The molecule has 1 aliphatic carbocycles. The predicted octanol–water partition coefficient (Wildman–Crippen LogP) is 1.89. The maximum Gasteiger partial charge on any atom is 0.232 e. The third kappa shape index (κ3) is 5.24. The number of ether oxygens (including phenoxy) is 1. The summed E-state index contributed by atoms with van der Waals surface area (Å²) in [6, 6.07) is 8.62. The van der Waals surface area contributed by atoms with Gasteiger partial charge < -0.3 is 15.0 Å². The number of nitrogens with one attached hydrogen (secondary N) is 2. The molecule has 0 amide bonds. The molecule has 4 heterocycles. The van der Waals surface area contributed by atoms with Gasteiger partial charge in [-0.05, 0) is 37.1 Å². The van der Waals surface area contributed by atoms with Gasteiger partial charge in [-0.25, -0.2) is 18.1 Å². The van der Waals surface area contributed by atoms with Crippen LogP contribution in [0.15, 0.2) is 53.7 Å². The molecule has 1 unspecified atom stereocenters. The number of nitrogens with zero attached hydrogens (tertiary/aromatic N) is 6. The molecule has 13 heteroatoms. The van der Waals surface area contributed by atoms with Gasteiger partial charge in [0.25, 0.3) is 0 Å². The monoisotopic (exact) mass is 550 g/mol. The van der Waals surface area contributed by atoms with Crippen LogP contribution in [-0.2, 0) is 21.2 Å². The lowest BCUT2D eigenvalue weighted by Crippen LogP contribution is -2.43. The lowest BCUT2D eigenvalue weighted by Gasteiger charge is -2.30. The van der Waals surface area contributed by atoms with Crippen LogP contribution < -0.4 is 15.1 Å². The Kier molecular flexibility index (Phi) is 6.79. The summed E-state index contributed by atoms with van der Waals surface area (Å²) in [6.07, 6.45) is 7.79. The first-order chi connectivity index (χ1) is 18.9. The number of sulfonamides is 1. The summed E-state index contributed by atoms with van der Waals surface area (Å²) < 4.78 is 33.7. The van der Waals surface area contributed by atoms with Crippen molar-refractivity contribution in [3.63, 3.8) is 0 Å². The normalized spacial score (nSPS) is 17.8. The van der Waals surface area contributed by atoms with Gasteiger partial charge in [-0.3, -0.25) is 14.0 Å². The van der Waals surface area contributed by atoms with Crippen LogP contribution >= 0.6 is 0 Å². The minimum atomic E-state index is -3.45. The van der Waals surface area contributed by atoms with Crippen molar-refractivity contribution in [1.29, 1.82) is 0 Å². The zero-order chi connectivity index (χ0) is 27.0. The number of aromatic nitrogens is 5. The summed E-state index contributed by atoms with van der Waals surface area (Å²) in [5.74, 6) is 0.393. The Balaban J connectivity index is 1.20. The van der Waals surface area contributed by atoms with E-state index in [1.807, 2.05) is 16.8 Å². The first-order valence-corrected chi connectivity index (χ1v) is 14.8. The maximum atomic E-state index is 12.5. The van der Waals surface area contributed by atoms with E-state index in [9.17, 15) is 13.2 Å². The third-order valence-electron chi connectivity index (χ3n) is 7.26. The number of rotatable bonds is 8. The summed E-state index contributed by atoms with van der Waals surface area (Å²) in [7, 11) is -3.45. The highest BCUT2D eigenvalue weighted by atomic mass is 32.2. The van der Waals surface area contributed by atoms with E-state index in [0.717, 1.165) is 41.8 Å². The largest absolute Gasteiger partial charge is 0.379 e. The lowest BCUT2D eigenvalue weighted by molar-refractivity contribution is 0.0395. The van der Waals surface area contributed by atoms with Gasteiger partial charge in [0.2, 0.25) is 16.0 Å². The van der Waals surface area contributed by atoms with E-state index in [2.05, 4.69) is 25.3 Å². The van der Waals surface area contributed by atoms with Gasteiger partial charge in [-0.1, -0.05) is 0 Å². The number of hydrogen-bond acceptors (Lipinski definition) is 9. The van der Waals surface area contributed by atoms with Crippen molar-refractivity contribution < 1.29 is 13.2 Å². The minimum absolute atomic E-state index is 0.0404. The molecule has 0 radical (unpaired) electrons. The molecule has 1 saturated heterocycles. The molecule has 0 spiro atoms. The Bertz CT molecular complexity index is 1640. The molecule has 1 atom stereocenters. The molecule has 2 N–H and O–H groups in total. The lowest BCUT2D eigenvalue weighted by atomic mass is 10.2. The molecule has 0 bridgehead atoms. The van der Waals surface area contributed by atoms with Gasteiger partial charge in [-0.2, -0.15) is 10.1 Å². The highest BCUT2D eigenvalue weighted by Crippen LogP contribution is 2.32. The van der Waals surface area contributed by atoms with Crippen molar-refractivity contribution in [3.8, 4) is 0 Å². The molecular formula is C26H30N8O4S. The first-order valence-electron chi connectivity index (χ1n) is 12.9. The molecule has 39 heavy (non-hydrogen) atoms. The van der Waals surface area contributed by atoms with E-state index in [-0.39, 0.29) is 11.5 Å².